The van der Waals surface area contributed by atoms with Crippen molar-refractivity contribution < 1.29 is 4.39 Å². The van der Waals surface area contributed by atoms with Crippen LogP contribution in [0.4, 0.5) is 4.39 Å². The largest absolute Gasteiger partial charge is 0.310 e. The van der Waals surface area contributed by atoms with Crippen LogP contribution in [-0.4, -0.2) is 6.54 Å². The lowest BCUT2D eigenvalue weighted by Gasteiger charge is -2.13. The third-order valence-electron chi connectivity index (χ3n) is 3.91. The Morgan fingerprint density at radius 1 is 1.25 bits per heavy atom. The third-order valence-corrected chi connectivity index (χ3v) is 4.15. The molecule has 0 heterocycles. The van der Waals surface area contributed by atoms with Crippen LogP contribution in [0.15, 0.2) is 36.4 Å². The molecule has 0 bridgehead atoms. The highest BCUT2D eigenvalue weighted by Crippen LogP contribution is 2.35. The normalized spacial score (nSPS) is 17.2. The molecular weight excluding hydrogens is 273 g/mol. The van der Waals surface area contributed by atoms with Gasteiger partial charge in [-0.2, -0.15) is 0 Å². The van der Waals surface area contributed by atoms with Crippen molar-refractivity contribution in [1.82, 2.24) is 5.32 Å². The molecule has 0 spiro atoms. The van der Waals surface area contributed by atoms with E-state index < -0.39 is 0 Å². The summed E-state index contributed by atoms with van der Waals surface area (Å²) in [4.78, 5) is 0. The van der Waals surface area contributed by atoms with Gasteiger partial charge in [0.25, 0.3) is 0 Å². The quantitative estimate of drug-likeness (QED) is 0.860. The van der Waals surface area contributed by atoms with Crippen molar-refractivity contribution >= 4 is 11.6 Å². The van der Waals surface area contributed by atoms with Crippen LogP contribution >= 0.6 is 11.6 Å². The number of halogens is 2. The number of hydrogen-bond donors (Lipinski definition) is 1. The first-order valence-electron chi connectivity index (χ1n) is 7.00. The van der Waals surface area contributed by atoms with Crippen molar-refractivity contribution in [2.45, 2.75) is 25.8 Å². The van der Waals surface area contributed by atoms with E-state index in [4.69, 9.17) is 11.6 Å². The Bertz CT molecular complexity index is 639. The van der Waals surface area contributed by atoms with Crippen LogP contribution in [0.1, 0.15) is 30.5 Å². The summed E-state index contributed by atoms with van der Waals surface area (Å²) in [6.07, 6.45) is 2.17. The minimum absolute atomic E-state index is 0.265. The molecule has 0 aliphatic heterocycles. The minimum Gasteiger partial charge on any atom is -0.310 e. The highest BCUT2D eigenvalue weighted by atomic mass is 35.5. The Labute approximate surface area is 123 Å². The molecule has 0 radical (unpaired) electrons. The average Bonchev–Trinajstić information content (AvgIpc) is 2.82. The zero-order valence-corrected chi connectivity index (χ0v) is 12.2. The van der Waals surface area contributed by atoms with Crippen molar-refractivity contribution in [3.63, 3.8) is 0 Å². The van der Waals surface area contributed by atoms with E-state index in [0.29, 0.717) is 16.6 Å². The Morgan fingerprint density at radius 3 is 2.85 bits per heavy atom. The molecule has 0 fully saturated rings. The van der Waals surface area contributed by atoms with Gasteiger partial charge in [-0.1, -0.05) is 36.7 Å². The number of rotatable bonds is 3. The molecule has 1 aliphatic carbocycles. The summed E-state index contributed by atoms with van der Waals surface area (Å²) in [6, 6.07) is 11.5. The molecule has 3 heteroatoms. The number of aryl methyl sites for hydroxylation is 1. The van der Waals surface area contributed by atoms with Gasteiger partial charge in [-0.15, -0.1) is 0 Å². The molecule has 2 aromatic rings. The standard InChI is InChI=1S/C17H17ClFN/c1-2-20-17-8-4-12-9-11(3-6-15(12)17)14-7-5-13(18)10-16(14)19/h3,5-7,9-10,17,20H,2,4,8H2,1H3. The van der Waals surface area contributed by atoms with Crippen molar-refractivity contribution in [1.29, 1.82) is 0 Å². The lowest BCUT2D eigenvalue weighted by Crippen LogP contribution is -2.18. The zero-order chi connectivity index (χ0) is 14.1. The van der Waals surface area contributed by atoms with Crippen LogP contribution in [0, 0.1) is 5.82 Å². The Hall–Kier alpha value is -1.38. The van der Waals surface area contributed by atoms with Crippen molar-refractivity contribution in [3.8, 4) is 11.1 Å². The van der Waals surface area contributed by atoms with Gasteiger partial charge >= 0.3 is 0 Å². The molecule has 104 valence electrons. The molecule has 0 saturated heterocycles. The highest BCUT2D eigenvalue weighted by Gasteiger charge is 2.22. The minimum atomic E-state index is -0.265. The molecule has 0 saturated carbocycles. The maximum atomic E-state index is 14.0. The fraction of sp³-hybridized carbons (Fsp3) is 0.294. The fourth-order valence-electron chi connectivity index (χ4n) is 2.97. The van der Waals surface area contributed by atoms with E-state index >= 15 is 0 Å². The first-order chi connectivity index (χ1) is 9.69. The van der Waals surface area contributed by atoms with Crippen LogP contribution in [0.2, 0.25) is 5.02 Å². The van der Waals surface area contributed by atoms with Gasteiger partial charge in [0.05, 0.1) is 0 Å². The maximum absolute atomic E-state index is 14.0. The molecule has 0 amide bonds. The van der Waals surface area contributed by atoms with E-state index in [-0.39, 0.29) is 5.82 Å². The summed E-state index contributed by atoms with van der Waals surface area (Å²) in [6.45, 7) is 3.09. The number of fused-ring (bicyclic) bond motifs is 1. The Balaban J connectivity index is 1.97. The fourth-order valence-corrected chi connectivity index (χ4v) is 3.13. The SMILES string of the molecule is CCNC1CCc2cc(-c3ccc(Cl)cc3F)ccc21. The van der Waals surface area contributed by atoms with Crippen LogP contribution in [0.25, 0.3) is 11.1 Å². The van der Waals surface area contributed by atoms with Crippen molar-refractivity contribution in [2.75, 3.05) is 6.54 Å². The van der Waals surface area contributed by atoms with Crippen LogP contribution < -0.4 is 5.32 Å². The first-order valence-corrected chi connectivity index (χ1v) is 7.38. The van der Waals surface area contributed by atoms with Gasteiger partial charge in [0, 0.05) is 16.6 Å². The summed E-state index contributed by atoms with van der Waals surface area (Å²) in [5, 5.41) is 3.92. The Kier molecular flexibility index (Phi) is 3.77. The Morgan fingerprint density at radius 2 is 2.10 bits per heavy atom. The van der Waals surface area contributed by atoms with E-state index in [1.165, 1.54) is 17.2 Å². The molecule has 0 aromatic heterocycles. The van der Waals surface area contributed by atoms with Gasteiger partial charge in [0.15, 0.2) is 0 Å². The van der Waals surface area contributed by atoms with Gasteiger partial charge in [-0.25, -0.2) is 4.39 Å². The van der Waals surface area contributed by atoms with Crippen molar-refractivity contribution in [2.24, 2.45) is 0 Å². The summed E-state index contributed by atoms with van der Waals surface area (Å²) in [5.41, 5.74) is 4.21. The van der Waals surface area contributed by atoms with E-state index in [0.717, 1.165) is 24.9 Å². The van der Waals surface area contributed by atoms with Gasteiger partial charge in [0.2, 0.25) is 0 Å². The van der Waals surface area contributed by atoms with E-state index in [1.807, 2.05) is 6.07 Å². The van der Waals surface area contributed by atoms with Gasteiger partial charge < -0.3 is 5.32 Å². The molecule has 20 heavy (non-hydrogen) atoms. The third kappa shape index (κ3) is 2.46. The predicted octanol–water partition coefficient (Wildman–Crippen LogP) is 4.74. The van der Waals surface area contributed by atoms with Gasteiger partial charge in [-0.3, -0.25) is 0 Å². The molecule has 1 N–H and O–H groups in total. The first kappa shape index (κ1) is 13.6. The lowest BCUT2D eigenvalue weighted by atomic mass is 9.99. The summed E-state index contributed by atoms with van der Waals surface area (Å²) in [5.74, 6) is -0.265. The molecule has 2 aromatic carbocycles. The topological polar surface area (TPSA) is 12.0 Å². The molecular formula is C17H17ClFN. The monoisotopic (exact) mass is 289 g/mol. The number of nitrogens with one attached hydrogen (secondary N) is 1. The molecule has 1 atom stereocenters. The molecule has 1 unspecified atom stereocenters. The smallest absolute Gasteiger partial charge is 0.132 e. The second kappa shape index (κ2) is 5.55. The van der Waals surface area contributed by atoms with E-state index in [1.54, 1.807) is 12.1 Å². The second-order valence-corrected chi connectivity index (χ2v) is 5.62. The van der Waals surface area contributed by atoms with Crippen LogP contribution in [0.5, 0.6) is 0 Å². The summed E-state index contributed by atoms with van der Waals surface area (Å²) < 4.78 is 14.0. The average molecular weight is 290 g/mol. The van der Waals surface area contributed by atoms with Crippen molar-refractivity contribution in [3.05, 3.63) is 58.4 Å². The summed E-state index contributed by atoms with van der Waals surface area (Å²) in [7, 11) is 0. The summed E-state index contributed by atoms with van der Waals surface area (Å²) >= 11 is 5.80. The highest BCUT2D eigenvalue weighted by molar-refractivity contribution is 6.30. The molecule has 1 aliphatic rings. The van der Waals surface area contributed by atoms with E-state index in [2.05, 4.69) is 24.4 Å². The van der Waals surface area contributed by atoms with E-state index in [9.17, 15) is 4.39 Å². The lowest BCUT2D eigenvalue weighted by molar-refractivity contribution is 0.549. The van der Waals surface area contributed by atoms with Gasteiger partial charge in [0.1, 0.15) is 5.82 Å². The van der Waals surface area contributed by atoms with Gasteiger partial charge in [-0.05, 0) is 54.3 Å². The molecule has 3 rings (SSSR count). The predicted molar refractivity (Wildman–Crippen MR) is 81.6 cm³/mol. The number of benzene rings is 2. The zero-order valence-electron chi connectivity index (χ0n) is 11.4. The second-order valence-electron chi connectivity index (χ2n) is 5.19. The number of hydrogen-bond acceptors (Lipinski definition) is 1. The van der Waals surface area contributed by atoms with Crippen LogP contribution in [-0.2, 0) is 6.42 Å². The van der Waals surface area contributed by atoms with Crippen LogP contribution in [0.3, 0.4) is 0 Å². The maximum Gasteiger partial charge on any atom is 0.132 e. The molecule has 1 nitrogen and oxygen atoms in total.